The summed E-state index contributed by atoms with van der Waals surface area (Å²) in [4.78, 5) is 24.1. The topological polar surface area (TPSA) is 87.3 Å². The molecule has 0 amide bonds. The first kappa shape index (κ1) is 15.1. The smallest absolute Gasteiger partial charge is 0.388 e. The number of pyridine rings is 1. The number of nitrogens with zero attached hydrogens (tertiary/aromatic N) is 5. The van der Waals surface area contributed by atoms with E-state index in [0.717, 1.165) is 4.68 Å². The summed E-state index contributed by atoms with van der Waals surface area (Å²) < 4.78 is 21.8. The van der Waals surface area contributed by atoms with Crippen LogP contribution in [0.4, 0.5) is 4.39 Å². The summed E-state index contributed by atoms with van der Waals surface area (Å²) in [5, 5.41) is 8.26. The summed E-state index contributed by atoms with van der Waals surface area (Å²) >= 11 is 0. The largest absolute Gasteiger partial charge is 0.437 e. The molecule has 0 N–H and O–H groups in total. The van der Waals surface area contributed by atoms with Crippen molar-refractivity contribution in [3.05, 3.63) is 75.5 Å². The monoisotopic (exact) mass is 341 g/mol. The van der Waals surface area contributed by atoms with Crippen molar-refractivity contribution in [2.75, 3.05) is 0 Å². The van der Waals surface area contributed by atoms with E-state index in [1.54, 1.807) is 24.4 Å². The van der Waals surface area contributed by atoms with Crippen molar-refractivity contribution in [3.63, 3.8) is 0 Å². The third-order valence-corrected chi connectivity index (χ3v) is 3.71. The van der Waals surface area contributed by atoms with Crippen LogP contribution in [0.25, 0.3) is 17.1 Å². The van der Waals surface area contributed by atoms with Crippen LogP contribution in [-0.2, 0) is 13.1 Å². The van der Waals surface area contributed by atoms with E-state index in [2.05, 4.69) is 10.2 Å². The number of hydrogen-bond donors (Lipinski definition) is 0. The van der Waals surface area contributed by atoms with Crippen molar-refractivity contribution in [1.82, 2.24) is 24.0 Å². The Morgan fingerprint density at radius 2 is 1.72 bits per heavy atom. The summed E-state index contributed by atoms with van der Waals surface area (Å²) in [5.74, 6) is -0.958. The van der Waals surface area contributed by atoms with Crippen LogP contribution in [0.5, 0.6) is 0 Å². The second-order valence-corrected chi connectivity index (χ2v) is 5.34. The zero-order chi connectivity index (χ0) is 17.4. The number of fused-ring (bicyclic) bond motifs is 1. The van der Waals surface area contributed by atoms with Crippen molar-refractivity contribution < 1.29 is 8.81 Å². The zero-order valence-corrected chi connectivity index (χ0v) is 12.9. The van der Waals surface area contributed by atoms with Gasteiger partial charge >= 0.3 is 11.4 Å². The molecule has 0 radical (unpaired) electrons. The molecular weight excluding hydrogens is 329 g/mol. The number of halogens is 1. The minimum atomic E-state index is -0.656. The van der Waals surface area contributed by atoms with Crippen molar-refractivity contribution >= 4 is 5.65 Å². The van der Waals surface area contributed by atoms with E-state index in [0.29, 0.717) is 11.2 Å². The molecule has 3 aromatic heterocycles. The molecule has 0 saturated carbocycles. The average Bonchev–Trinajstić information content (AvgIpc) is 3.14. The molecule has 0 unspecified atom stereocenters. The van der Waals surface area contributed by atoms with Gasteiger partial charge in [0, 0.05) is 11.8 Å². The fraction of sp³-hybridized carbons (Fsp3) is 0.125. The van der Waals surface area contributed by atoms with Gasteiger partial charge in [-0.25, -0.2) is 18.7 Å². The number of rotatable bonds is 4. The average molecular weight is 341 g/mol. The molecule has 8 nitrogen and oxygen atoms in total. The molecule has 126 valence electrons. The van der Waals surface area contributed by atoms with Gasteiger partial charge in [0.2, 0.25) is 5.89 Å². The molecule has 0 spiro atoms. The molecule has 25 heavy (non-hydrogen) atoms. The third-order valence-electron chi connectivity index (χ3n) is 3.71. The van der Waals surface area contributed by atoms with Crippen molar-refractivity contribution in [3.8, 4) is 11.5 Å². The predicted octanol–water partition coefficient (Wildman–Crippen LogP) is 1.15. The Kier molecular flexibility index (Phi) is 3.53. The summed E-state index contributed by atoms with van der Waals surface area (Å²) in [6, 6.07) is 10.7. The molecule has 0 aliphatic heterocycles. The van der Waals surface area contributed by atoms with Crippen LogP contribution in [0.3, 0.4) is 0 Å². The van der Waals surface area contributed by atoms with Gasteiger partial charge < -0.3 is 4.42 Å². The van der Waals surface area contributed by atoms with Crippen LogP contribution in [0, 0.1) is 5.82 Å². The molecule has 0 fully saturated rings. The minimum absolute atomic E-state index is 0.0901. The van der Waals surface area contributed by atoms with Gasteiger partial charge in [-0.15, -0.1) is 10.2 Å². The van der Waals surface area contributed by atoms with Crippen LogP contribution < -0.4 is 11.4 Å². The Balaban J connectivity index is 1.59. The molecule has 9 heteroatoms. The first-order valence-corrected chi connectivity index (χ1v) is 7.50. The SMILES string of the molecule is O=c1oc(-c2ccc(F)cc2)nn1CCn1nc2ccccn2c1=O. The van der Waals surface area contributed by atoms with E-state index in [1.807, 2.05) is 0 Å². The maximum atomic E-state index is 13.0. The van der Waals surface area contributed by atoms with E-state index >= 15 is 0 Å². The molecule has 4 rings (SSSR count). The highest BCUT2D eigenvalue weighted by atomic mass is 19.1. The number of aromatic nitrogens is 5. The van der Waals surface area contributed by atoms with E-state index in [4.69, 9.17) is 4.42 Å². The highest BCUT2D eigenvalue weighted by Crippen LogP contribution is 2.15. The van der Waals surface area contributed by atoms with Crippen LogP contribution in [0.2, 0.25) is 0 Å². The lowest BCUT2D eigenvalue weighted by atomic mass is 10.2. The fourth-order valence-corrected chi connectivity index (χ4v) is 2.46. The predicted molar refractivity (Wildman–Crippen MR) is 85.6 cm³/mol. The molecule has 0 saturated heterocycles. The molecule has 4 aromatic rings. The third kappa shape index (κ3) is 2.75. The number of benzene rings is 1. The molecular formula is C16H12FN5O3. The van der Waals surface area contributed by atoms with Gasteiger partial charge in [-0.2, -0.15) is 4.68 Å². The lowest BCUT2D eigenvalue weighted by molar-refractivity contribution is 0.442. The van der Waals surface area contributed by atoms with Crippen molar-refractivity contribution in [2.24, 2.45) is 0 Å². The maximum Gasteiger partial charge on any atom is 0.437 e. The zero-order valence-electron chi connectivity index (χ0n) is 12.9. The van der Waals surface area contributed by atoms with Gasteiger partial charge in [-0.3, -0.25) is 4.40 Å². The van der Waals surface area contributed by atoms with E-state index in [9.17, 15) is 14.0 Å². The lowest BCUT2D eigenvalue weighted by Gasteiger charge is -1.98. The molecule has 0 aliphatic rings. The molecule has 0 bridgehead atoms. The Bertz CT molecular complexity index is 1150. The molecule has 0 aliphatic carbocycles. The minimum Gasteiger partial charge on any atom is -0.388 e. The first-order valence-electron chi connectivity index (χ1n) is 7.50. The van der Waals surface area contributed by atoms with Gasteiger partial charge in [0.05, 0.1) is 13.1 Å². The molecule has 0 atom stereocenters. The normalized spacial score (nSPS) is 11.2. The summed E-state index contributed by atoms with van der Waals surface area (Å²) in [5.41, 5.74) is 0.708. The van der Waals surface area contributed by atoms with Crippen LogP contribution in [0.1, 0.15) is 0 Å². The number of aryl methyl sites for hydroxylation is 2. The van der Waals surface area contributed by atoms with Crippen LogP contribution in [0.15, 0.2) is 62.7 Å². The quantitative estimate of drug-likeness (QED) is 0.556. The highest BCUT2D eigenvalue weighted by Gasteiger charge is 2.12. The van der Waals surface area contributed by atoms with Gasteiger partial charge in [0.25, 0.3) is 0 Å². The van der Waals surface area contributed by atoms with Crippen LogP contribution in [-0.4, -0.2) is 24.0 Å². The summed E-state index contributed by atoms with van der Waals surface area (Å²) in [7, 11) is 0. The van der Waals surface area contributed by atoms with Crippen molar-refractivity contribution in [1.29, 1.82) is 0 Å². The van der Waals surface area contributed by atoms with E-state index in [-0.39, 0.29) is 24.7 Å². The summed E-state index contributed by atoms with van der Waals surface area (Å²) in [6.45, 7) is 0.281. The Hall–Kier alpha value is -3.49. The maximum absolute atomic E-state index is 13.0. The van der Waals surface area contributed by atoms with Crippen LogP contribution >= 0.6 is 0 Å². The van der Waals surface area contributed by atoms with Crippen molar-refractivity contribution in [2.45, 2.75) is 13.1 Å². The highest BCUT2D eigenvalue weighted by molar-refractivity contribution is 5.51. The van der Waals surface area contributed by atoms with Gasteiger partial charge in [0.15, 0.2) is 5.65 Å². The first-order chi connectivity index (χ1) is 12.1. The molecule has 1 aromatic carbocycles. The fourth-order valence-electron chi connectivity index (χ4n) is 2.46. The Morgan fingerprint density at radius 1 is 0.960 bits per heavy atom. The second kappa shape index (κ2) is 5.86. The number of hydrogen-bond acceptors (Lipinski definition) is 5. The Labute approximate surface area is 139 Å². The standard InChI is InChI=1S/C16H12FN5O3/c17-12-6-4-11(5-7-12)14-19-22(16(24)25-14)10-9-21-15(23)20-8-2-1-3-13(20)18-21/h1-8H,9-10H2. The van der Waals surface area contributed by atoms with Gasteiger partial charge in [0.1, 0.15) is 5.82 Å². The van der Waals surface area contributed by atoms with Gasteiger partial charge in [-0.1, -0.05) is 6.07 Å². The van der Waals surface area contributed by atoms with E-state index in [1.165, 1.54) is 33.3 Å². The van der Waals surface area contributed by atoms with Gasteiger partial charge in [-0.05, 0) is 36.4 Å². The molecule has 3 heterocycles. The Morgan fingerprint density at radius 3 is 2.48 bits per heavy atom. The van der Waals surface area contributed by atoms with E-state index < -0.39 is 11.6 Å². The lowest BCUT2D eigenvalue weighted by Crippen LogP contribution is -2.26. The second-order valence-electron chi connectivity index (χ2n) is 5.34. The summed E-state index contributed by atoms with van der Waals surface area (Å²) in [6.07, 6.45) is 1.62.